The lowest BCUT2D eigenvalue weighted by Crippen LogP contribution is -2.30. The number of pyridine rings is 12. The lowest BCUT2D eigenvalue weighted by Gasteiger charge is -2.15. The maximum Gasteiger partial charge on any atom is 0.171 e. The van der Waals surface area contributed by atoms with E-state index in [1.807, 2.05) is 0 Å². The van der Waals surface area contributed by atoms with Crippen LogP contribution in [0.3, 0.4) is 0 Å². The highest BCUT2D eigenvalue weighted by atomic mass is 31.2. The molecule has 768 valence electrons. The molecule has 0 aliphatic carbocycles. The van der Waals surface area contributed by atoms with E-state index >= 15 is 0 Å². The molecule has 0 bridgehead atoms. The molecule has 0 N–H and O–H groups in total. The quantitative estimate of drug-likeness (QED) is 0.0629. The molecule has 0 radical (unpaired) electrons. The molecule has 12 aromatic heterocycles. The van der Waals surface area contributed by atoms with Crippen molar-refractivity contribution in [2.24, 2.45) is 0 Å². The highest BCUT2D eigenvalue weighted by molar-refractivity contribution is 7.43. The Labute approximate surface area is 814 Å². The fourth-order valence-corrected chi connectivity index (χ4v) is 10.2. The third kappa shape index (κ3) is 110. The Hall–Kier alpha value is -9.72. The molecular formula is C96H144F6N12O18P6. The van der Waals surface area contributed by atoms with Crippen LogP contribution in [0.4, 0.5) is 25.2 Å². The first kappa shape index (κ1) is 139. The van der Waals surface area contributed by atoms with Crippen LogP contribution in [0.15, 0.2) is 294 Å². The van der Waals surface area contributed by atoms with Crippen molar-refractivity contribution < 1.29 is 166 Å². The standard InChI is InChI=1S/12C8H12N.6FH2O3P/c12*1-3-9-6-4-5-8(2)7-9;6*1-5(2,3)4/h12*4-7H,3H2,1-2H3;6*(H2,2,3,4)/q12*+1;;;;;;/p-12. The summed E-state index contributed by atoms with van der Waals surface area (Å²) in [6.07, 6.45) is 50.6. The molecule has 138 heavy (non-hydrogen) atoms. The highest BCUT2D eigenvalue weighted by Crippen LogP contribution is 2.25. The summed E-state index contributed by atoms with van der Waals surface area (Å²) < 4.78 is 137. The third-order valence-corrected chi connectivity index (χ3v) is 16.5. The smallest absolute Gasteiger partial charge is 0.171 e. The maximum absolute atomic E-state index is 10.1. The van der Waals surface area contributed by atoms with Crippen molar-refractivity contribution in [3.8, 4) is 0 Å². The lowest BCUT2D eigenvalue weighted by molar-refractivity contribution is -0.694. The molecule has 12 aromatic rings. The van der Waals surface area contributed by atoms with Crippen LogP contribution in [0.25, 0.3) is 0 Å². The van der Waals surface area contributed by atoms with Crippen LogP contribution in [0, 0.1) is 83.1 Å². The molecule has 12 rings (SSSR count). The Morgan fingerprint density at radius 1 is 0.159 bits per heavy atom. The molecule has 0 fully saturated rings. The normalized spacial score (nSPS) is 10.0. The Balaban J connectivity index is -0.000000336. The lowest BCUT2D eigenvalue weighted by atomic mass is 10.3. The van der Waals surface area contributed by atoms with E-state index in [-0.39, 0.29) is 0 Å². The summed E-state index contributed by atoms with van der Waals surface area (Å²) in [4.78, 5) is 101. The van der Waals surface area contributed by atoms with Crippen molar-refractivity contribution in [2.45, 2.75) is 245 Å². The third-order valence-electron chi connectivity index (χ3n) is 16.5. The maximum atomic E-state index is 10.1. The summed E-state index contributed by atoms with van der Waals surface area (Å²) in [6.45, 7) is 63.6. The van der Waals surface area contributed by atoms with Gasteiger partial charge in [0.05, 0.1) is 0 Å². The molecule has 0 atom stereocenters. The molecule has 0 saturated heterocycles. The van der Waals surface area contributed by atoms with Gasteiger partial charge in [0.2, 0.25) is 0 Å². The zero-order valence-electron chi connectivity index (χ0n) is 83.9. The number of hydrogen-bond donors (Lipinski definition) is 0. The molecule has 0 unspecified atom stereocenters. The summed E-state index contributed by atoms with van der Waals surface area (Å²) in [7, 11) is -33.8. The first-order valence-electron chi connectivity index (χ1n) is 43.7. The van der Waals surface area contributed by atoms with Crippen molar-refractivity contribution in [1.29, 1.82) is 0 Å². The molecule has 0 saturated carbocycles. The van der Waals surface area contributed by atoms with Crippen LogP contribution in [0.1, 0.15) is 150 Å². The van der Waals surface area contributed by atoms with Gasteiger partial charge in [0.25, 0.3) is 0 Å². The van der Waals surface area contributed by atoms with Gasteiger partial charge in [-0.1, -0.05) is 0 Å². The van der Waals surface area contributed by atoms with Gasteiger partial charge in [0, 0.05) is 140 Å². The van der Waals surface area contributed by atoms with E-state index in [0.717, 1.165) is 78.5 Å². The van der Waals surface area contributed by atoms with Crippen LogP contribution < -0.4 is 114 Å². The van der Waals surface area contributed by atoms with Gasteiger partial charge in [-0.2, -0.15) is 0 Å². The first-order valence-corrected chi connectivity index (χ1v) is 52.3. The second-order valence-corrected chi connectivity index (χ2v) is 34.3. The predicted molar refractivity (Wildman–Crippen MR) is 497 cm³/mol. The number of rotatable bonds is 12. The SMILES string of the molecule is CC[n+]1cccc(C)c1.CC[n+]1cccc(C)c1.CC[n+]1cccc(C)c1.CC[n+]1cccc(C)c1.CC[n+]1cccc(C)c1.CC[n+]1cccc(C)c1.CC[n+]1cccc(C)c1.CC[n+]1cccc(C)c1.CC[n+]1cccc(C)c1.CC[n+]1cccc(C)c1.CC[n+]1cccc(C)c1.CC[n+]1cccc(C)c1.O=P([O-])([O-])F.O=P([O-])([O-])F.O=P([O-])([O-])F.O=P([O-])([O-])F.O=P([O-])([O-])F.O=P([O-])([O-])F. The fourth-order valence-electron chi connectivity index (χ4n) is 10.2. The zero-order valence-corrected chi connectivity index (χ0v) is 89.2. The van der Waals surface area contributed by atoms with E-state index in [1.54, 1.807) is 0 Å². The van der Waals surface area contributed by atoms with Crippen LogP contribution >= 0.6 is 47.4 Å². The van der Waals surface area contributed by atoms with E-state index in [2.05, 4.69) is 515 Å². The first-order chi connectivity index (χ1) is 63.9. The van der Waals surface area contributed by atoms with E-state index in [0.29, 0.717) is 0 Å². The second kappa shape index (κ2) is 81.0. The van der Waals surface area contributed by atoms with Gasteiger partial charge in [-0.15, -0.1) is 0 Å². The van der Waals surface area contributed by atoms with E-state index < -0.39 is 47.4 Å². The number of hydrogen-bond acceptors (Lipinski definition) is 18. The number of aromatic nitrogens is 12. The molecule has 42 heteroatoms. The summed E-state index contributed by atoms with van der Waals surface area (Å²) in [5, 5.41) is 0. The Bertz CT molecular complexity index is 4330. The topological polar surface area (TPSA) is 426 Å². The number of halogens is 6. The highest BCUT2D eigenvalue weighted by Gasteiger charge is 2.02. The summed E-state index contributed by atoms with van der Waals surface area (Å²) in [6, 6.07) is 50.1. The van der Waals surface area contributed by atoms with E-state index in [4.69, 9.17) is 86.1 Å². The van der Waals surface area contributed by atoms with Crippen LogP contribution in [-0.4, -0.2) is 0 Å². The van der Waals surface area contributed by atoms with E-state index in [9.17, 15) is 25.2 Å². The van der Waals surface area contributed by atoms with Gasteiger partial charge in [-0.05, 0) is 239 Å². The van der Waals surface area contributed by atoms with Crippen LogP contribution in [0.2, 0.25) is 0 Å². The van der Waals surface area contributed by atoms with Gasteiger partial charge in [-0.25, -0.2) is 80.0 Å². The molecule has 0 aliphatic rings. The summed E-state index contributed by atoms with van der Waals surface area (Å²) >= 11 is 0. The summed E-state index contributed by atoms with van der Waals surface area (Å²) in [5.74, 6) is 0. The minimum Gasteiger partial charge on any atom is -0.786 e. The molecule has 12 heterocycles. The van der Waals surface area contributed by atoms with Crippen LogP contribution in [-0.2, 0) is 106 Å². The van der Waals surface area contributed by atoms with Gasteiger partial charge < -0.3 is 86.1 Å². The number of nitrogens with zero attached hydrogens (tertiary/aromatic N) is 12. The molecule has 0 aromatic carbocycles. The van der Waals surface area contributed by atoms with Crippen molar-refractivity contribution >= 4 is 47.4 Å². The second-order valence-electron chi connectivity index (χ2n) is 29.1. The van der Waals surface area contributed by atoms with Crippen molar-refractivity contribution in [3.05, 3.63) is 361 Å². The molecule has 0 aliphatic heterocycles. The molecule has 0 spiro atoms. The Kier molecular flexibility index (Phi) is 81.6. The average molecular weight is 2050 g/mol. The van der Waals surface area contributed by atoms with Crippen molar-refractivity contribution in [1.82, 2.24) is 0 Å². The fraction of sp³-hybridized carbons (Fsp3) is 0.375. The summed E-state index contributed by atoms with van der Waals surface area (Å²) in [5.41, 5.74) is 15.8. The molecule has 0 amide bonds. The average Bonchev–Trinajstić information content (AvgIpc) is 0.996. The van der Waals surface area contributed by atoms with E-state index in [1.165, 1.54) is 66.8 Å². The molecule has 30 nitrogen and oxygen atoms in total. The van der Waals surface area contributed by atoms with Gasteiger partial charge >= 0.3 is 0 Å². The Morgan fingerprint density at radius 2 is 0.210 bits per heavy atom. The largest absolute Gasteiger partial charge is 0.786 e. The van der Waals surface area contributed by atoms with Gasteiger partial charge in [0.1, 0.15) is 126 Å². The molecular weight excluding hydrogens is 1910 g/mol. The van der Waals surface area contributed by atoms with Gasteiger partial charge in [-0.3, -0.25) is 0 Å². The minimum atomic E-state index is -5.64. The monoisotopic (exact) mass is 2050 g/mol. The zero-order chi connectivity index (χ0) is 107. The van der Waals surface area contributed by atoms with Crippen molar-refractivity contribution in [3.63, 3.8) is 0 Å². The predicted octanol–water partition coefficient (Wildman–Crippen LogP) is 8.34. The van der Waals surface area contributed by atoms with Gasteiger partial charge in [0.15, 0.2) is 149 Å². The Morgan fingerprint density at radius 3 is 0.239 bits per heavy atom. The van der Waals surface area contributed by atoms with Crippen molar-refractivity contribution in [2.75, 3.05) is 0 Å². The minimum absolute atomic E-state index is 1.06. The number of aryl methyl sites for hydroxylation is 24. The van der Waals surface area contributed by atoms with Crippen LogP contribution in [0.5, 0.6) is 0 Å².